The predicted molar refractivity (Wildman–Crippen MR) is 93.9 cm³/mol. The van der Waals surface area contributed by atoms with Crippen molar-refractivity contribution in [2.45, 2.75) is 26.3 Å². The highest BCUT2D eigenvalue weighted by Crippen LogP contribution is 2.18. The monoisotopic (exact) mass is 345 g/mol. The fourth-order valence-electron chi connectivity index (χ4n) is 2.83. The highest BCUT2D eigenvalue weighted by atomic mass is 35.5. The molecular formula is C18H20ClN3O2. The van der Waals surface area contributed by atoms with E-state index in [0.717, 1.165) is 31.5 Å². The summed E-state index contributed by atoms with van der Waals surface area (Å²) in [5.74, 6) is 0.641. The number of rotatable bonds is 3. The molecule has 126 valence electrons. The van der Waals surface area contributed by atoms with Gasteiger partial charge in [-0.15, -0.1) is 0 Å². The first-order valence-corrected chi connectivity index (χ1v) is 8.51. The third-order valence-electron chi connectivity index (χ3n) is 4.46. The maximum absolute atomic E-state index is 12.3. The Morgan fingerprint density at radius 2 is 1.92 bits per heavy atom. The van der Waals surface area contributed by atoms with Crippen LogP contribution in [0.15, 0.2) is 41.5 Å². The first kappa shape index (κ1) is 16.7. The third kappa shape index (κ3) is 3.85. The zero-order valence-corrected chi connectivity index (χ0v) is 14.4. The first-order valence-electron chi connectivity index (χ1n) is 8.13. The molecule has 3 rings (SSSR count). The molecule has 1 fully saturated rings. The largest absolute Gasteiger partial charge is 0.341 e. The van der Waals surface area contributed by atoms with Crippen molar-refractivity contribution in [3.63, 3.8) is 0 Å². The predicted octanol–water partition coefficient (Wildman–Crippen LogP) is 2.82. The van der Waals surface area contributed by atoms with Crippen LogP contribution in [0, 0.1) is 5.92 Å². The highest BCUT2D eigenvalue weighted by Gasteiger charge is 2.20. The lowest BCUT2D eigenvalue weighted by molar-refractivity contribution is -0.133. The first-order chi connectivity index (χ1) is 11.5. The van der Waals surface area contributed by atoms with Crippen molar-refractivity contribution in [1.29, 1.82) is 0 Å². The Morgan fingerprint density at radius 1 is 1.25 bits per heavy atom. The van der Waals surface area contributed by atoms with Crippen LogP contribution in [0.1, 0.15) is 19.8 Å². The number of aromatic nitrogens is 2. The Labute approximate surface area is 145 Å². The average molecular weight is 346 g/mol. The molecule has 2 aromatic rings. The Hall–Kier alpha value is -2.14. The fraction of sp³-hybridized carbons (Fsp3) is 0.389. The van der Waals surface area contributed by atoms with Crippen molar-refractivity contribution >= 4 is 17.5 Å². The molecule has 6 heteroatoms. The van der Waals surface area contributed by atoms with E-state index in [4.69, 9.17) is 11.6 Å². The molecule has 0 aliphatic carbocycles. The van der Waals surface area contributed by atoms with Gasteiger partial charge in [-0.2, -0.15) is 0 Å². The van der Waals surface area contributed by atoms with E-state index in [1.807, 2.05) is 17.0 Å². The van der Waals surface area contributed by atoms with E-state index in [1.165, 1.54) is 17.0 Å². The molecule has 0 unspecified atom stereocenters. The summed E-state index contributed by atoms with van der Waals surface area (Å²) in [6.07, 6.45) is 3.49. The molecule has 1 amide bonds. The third-order valence-corrected chi connectivity index (χ3v) is 4.71. The van der Waals surface area contributed by atoms with E-state index in [-0.39, 0.29) is 18.0 Å². The van der Waals surface area contributed by atoms with Gasteiger partial charge in [0.2, 0.25) is 5.91 Å². The second kappa shape index (κ2) is 7.18. The van der Waals surface area contributed by atoms with Crippen molar-refractivity contribution in [3.05, 3.63) is 52.0 Å². The van der Waals surface area contributed by atoms with Gasteiger partial charge in [-0.25, -0.2) is 4.98 Å². The molecular weight excluding hydrogens is 326 g/mol. The molecule has 0 bridgehead atoms. The van der Waals surface area contributed by atoms with Crippen molar-refractivity contribution in [2.75, 3.05) is 13.1 Å². The molecule has 0 spiro atoms. The minimum absolute atomic E-state index is 0.0231. The maximum atomic E-state index is 12.3. The Morgan fingerprint density at radius 3 is 2.54 bits per heavy atom. The summed E-state index contributed by atoms with van der Waals surface area (Å²) in [4.78, 5) is 30.8. The minimum atomic E-state index is -0.228. The number of carbonyl (C=O) groups is 1. The smallest absolute Gasteiger partial charge is 0.254 e. The zero-order valence-electron chi connectivity index (χ0n) is 13.6. The number of hydrogen-bond acceptors (Lipinski definition) is 3. The number of likely N-dealkylation sites (tertiary alicyclic amines) is 1. The SMILES string of the molecule is CC1CCN(C(=O)Cn2cnc(-c3ccc(Cl)cc3)cc2=O)CC1. The van der Waals surface area contributed by atoms with Crippen LogP contribution in [-0.2, 0) is 11.3 Å². The Bertz CT molecular complexity index is 778. The molecule has 0 atom stereocenters. The van der Waals surface area contributed by atoms with E-state index < -0.39 is 0 Å². The summed E-state index contributed by atoms with van der Waals surface area (Å²) in [7, 11) is 0. The highest BCUT2D eigenvalue weighted by molar-refractivity contribution is 6.30. The van der Waals surface area contributed by atoms with Gasteiger partial charge in [0.15, 0.2) is 0 Å². The van der Waals surface area contributed by atoms with Crippen LogP contribution >= 0.6 is 11.6 Å². The molecule has 5 nitrogen and oxygen atoms in total. The summed E-state index contributed by atoms with van der Waals surface area (Å²) in [6.45, 7) is 3.78. The minimum Gasteiger partial charge on any atom is -0.341 e. The van der Waals surface area contributed by atoms with Crippen LogP contribution in [0.3, 0.4) is 0 Å². The summed E-state index contributed by atoms with van der Waals surface area (Å²) in [5.41, 5.74) is 1.17. The lowest BCUT2D eigenvalue weighted by Gasteiger charge is -2.30. The van der Waals surface area contributed by atoms with Crippen molar-refractivity contribution < 1.29 is 4.79 Å². The molecule has 0 radical (unpaired) electrons. The molecule has 1 aliphatic rings. The van der Waals surface area contributed by atoms with Gasteiger partial charge in [0.1, 0.15) is 6.54 Å². The Kier molecular flexibility index (Phi) is 5.00. The molecule has 1 aromatic carbocycles. The molecule has 1 saturated heterocycles. The van der Waals surface area contributed by atoms with Crippen molar-refractivity contribution in [2.24, 2.45) is 5.92 Å². The van der Waals surface area contributed by atoms with E-state index in [9.17, 15) is 9.59 Å². The van der Waals surface area contributed by atoms with Gasteiger partial charge in [-0.1, -0.05) is 30.7 Å². The topological polar surface area (TPSA) is 55.2 Å². The standard InChI is InChI=1S/C18H20ClN3O2/c1-13-6-8-21(9-7-13)18(24)11-22-12-20-16(10-17(22)23)14-2-4-15(19)5-3-14/h2-5,10,12-13H,6-9,11H2,1H3. The average Bonchev–Trinajstić information content (AvgIpc) is 2.58. The molecule has 24 heavy (non-hydrogen) atoms. The lowest BCUT2D eigenvalue weighted by atomic mass is 9.99. The normalized spacial score (nSPS) is 15.5. The number of nitrogens with zero attached hydrogens (tertiary/aromatic N) is 3. The number of piperidine rings is 1. The summed E-state index contributed by atoms with van der Waals surface area (Å²) in [5, 5.41) is 0.633. The van der Waals surface area contributed by atoms with Crippen LogP contribution in [0.2, 0.25) is 5.02 Å². The molecule has 2 heterocycles. The Balaban J connectivity index is 1.72. The van der Waals surface area contributed by atoms with Gasteiger partial charge >= 0.3 is 0 Å². The number of amides is 1. The van der Waals surface area contributed by atoms with Gasteiger partial charge in [0.25, 0.3) is 5.56 Å². The van der Waals surface area contributed by atoms with Crippen LogP contribution < -0.4 is 5.56 Å². The maximum Gasteiger partial charge on any atom is 0.254 e. The van der Waals surface area contributed by atoms with Crippen LogP contribution in [-0.4, -0.2) is 33.4 Å². The second-order valence-corrected chi connectivity index (χ2v) is 6.75. The summed E-state index contributed by atoms with van der Waals surface area (Å²) >= 11 is 5.87. The summed E-state index contributed by atoms with van der Waals surface area (Å²) in [6, 6.07) is 8.59. The fourth-order valence-corrected chi connectivity index (χ4v) is 2.95. The quantitative estimate of drug-likeness (QED) is 0.859. The number of halogens is 1. The van der Waals surface area contributed by atoms with Crippen molar-refractivity contribution in [1.82, 2.24) is 14.5 Å². The number of benzene rings is 1. The number of carbonyl (C=O) groups excluding carboxylic acids is 1. The zero-order chi connectivity index (χ0) is 17.1. The molecule has 1 aromatic heterocycles. The van der Waals surface area contributed by atoms with Crippen molar-refractivity contribution in [3.8, 4) is 11.3 Å². The van der Waals surface area contributed by atoms with Crippen LogP contribution in [0.5, 0.6) is 0 Å². The van der Waals surface area contributed by atoms with Gasteiger partial charge < -0.3 is 4.90 Å². The van der Waals surface area contributed by atoms with E-state index in [0.29, 0.717) is 16.6 Å². The molecule has 0 N–H and O–H groups in total. The molecule has 1 aliphatic heterocycles. The van der Waals surface area contributed by atoms with Gasteiger partial charge in [0, 0.05) is 29.7 Å². The van der Waals surface area contributed by atoms with Crippen LogP contribution in [0.25, 0.3) is 11.3 Å². The second-order valence-electron chi connectivity index (χ2n) is 6.31. The van der Waals surface area contributed by atoms with Gasteiger partial charge in [-0.3, -0.25) is 14.2 Å². The summed E-state index contributed by atoms with van der Waals surface area (Å²) < 4.78 is 1.36. The lowest BCUT2D eigenvalue weighted by Crippen LogP contribution is -2.41. The van der Waals surface area contributed by atoms with Gasteiger partial charge in [-0.05, 0) is 30.9 Å². The number of hydrogen-bond donors (Lipinski definition) is 0. The molecule has 0 saturated carbocycles. The van der Waals surface area contributed by atoms with E-state index in [1.54, 1.807) is 12.1 Å². The van der Waals surface area contributed by atoms with E-state index >= 15 is 0 Å². The van der Waals surface area contributed by atoms with Crippen LogP contribution in [0.4, 0.5) is 0 Å². The van der Waals surface area contributed by atoms with Gasteiger partial charge in [0.05, 0.1) is 12.0 Å². The van der Waals surface area contributed by atoms with E-state index in [2.05, 4.69) is 11.9 Å².